The lowest BCUT2D eigenvalue weighted by Gasteiger charge is -2.14. The first-order valence-corrected chi connectivity index (χ1v) is 6.16. The van der Waals surface area contributed by atoms with Gasteiger partial charge in [-0.25, -0.2) is 0 Å². The lowest BCUT2D eigenvalue weighted by Crippen LogP contribution is -2.11. The molecule has 0 spiro atoms. The number of rotatable bonds is 5. The van der Waals surface area contributed by atoms with Crippen molar-refractivity contribution in [3.05, 3.63) is 0 Å². The summed E-state index contributed by atoms with van der Waals surface area (Å²) in [6.07, 6.45) is 0. The van der Waals surface area contributed by atoms with Crippen molar-refractivity contribution in [1.82, 2.24) is 0 Å². The molecular formula is C7H15Cl2O2P. The van der Waals surface area contributed by atoms with Crippen LogP contribution in [0.3, 0.4) is 0 Å². The van der Waals surface area contributed by atoms with Crippen LogP contribution in [0.15, 0.2) is 0 Å². The summed E-state index contributed by atoms with van der Waals surface area (Å²) in [6, 6.07) is 0. The van der Waals surface area contributed by atoms with Crippen LogP contribution < -0.4 is 0 Å². The van der Waals surface area contributed by atoms with Crippen LogP contribution in [-0.4, -0.2) is 23.0 Å². The molecule has 0 aromatic carbocycles. The third-order valence-corrected chi connectivity index (χ3v) is 3.93. The summed E-state index contributed by atoms with van der Waals surface area (Å²) in [5.74, 6) is 0. The van der Waals surface area contributed by atoms with Crippen molar-refractivity contribution >= 4 is 31.2 Å². The van der Waals surface area contributed by atoms with Crippen LogP contribution in [0.1, 0.15) is 20.8 Å². The van der Waals surface area contributed by atoms with Crippen molar-refractivity contribution in [3.8, 4) is 0 Å². The van der Waals surface area contributed by atoms with Gasteiger partial charge in [0, 0.05) is 11.0 Å². The fourth-order valence-corrected chi connectivity index (χ4v) is 2.05. The predicted octanol–water partition coefficient (Wildman–Crippen LogP) is 3.12. The maximum Gasteiger partial charge on any atom is 0.195 e. The highest BCUT2D eigenvalue weighted by Gasteiger charge is 2.17. The van der Waals surface area contributed by atoms with Gasteiger partial charge in [-0.05, 0) is 13.8 Å². The first-order chi connectivity index (χ1) is 5.45. The molecule has 0 heterocycles. The zero-order chi connectivity index (χ0) is 9.72. The van der Waals surface area contributed by atoms with E-state index in [2.05, 4.69) is 0 Å². The second-order valence-corrected chi connectivity index (χ2v) is 6.15. The van der Waals surface area contributed by atoms with E-state index < -0.39 is 8.03 Å². The second-order valence-electron chi connectivity index (χ2n) is 2.88. The van der Waals surface area contributed by atoms with E-state index in [9.17, 15) is 4.57 Å². The van der Waals surface area contributed by atoms with Crippen LogP contribution in [-0.2, 0) is 9.09 Å². The molecule has 12 heavy (non-hydrogen) atoms. The van der Waals surface area contributed by atoms with Gasteiger partial charge in [-0.15, -0.1) is 23.2 Å². The van der Waals surface area contributed by atoms with Gasteiger partial charge < -0.3 is 4.52 Å². The van der Waals surface area contributed by atoms with E-state index in [1.165, 1.54) is 0 Å². The van der Waals surface area contributed by atoms with Crippen LogP contribution in [0.4, 0.5) is 0 Å². The molecule has 0 fully saturated rings. The number of hydrogen-bond acceptors (Lipinski definition) is 2. The molecule has 0 aromatic rings. The van der Waals surface area contributed by atoms with Crippen molar-refractivity contribution in [2.75, 3.05) is 6.61 Å². The zero-order valence-corrected chi connectivity index (χ0v) is 10.0. The predicted molar refractivity (Wildman–Crippen MR) is 55.0 cm³/mol. The van der Waals surface area contributed by atoms with Gasteiger partial charge in [0.1, 0.15) is 0 Å². The smallest absolute Gasteiger partial charge is 0.195 e. The molecular weight excluding hydrogens is 218 g/mol. The van der Waals surface area contributed by atoms with Gasteiger partial charge in [0.05, 0.1) is 12.0 Å². The highest BCUT2D eigenvalue weighted by atomic mass is 35.5. The lowest BCUT2D eigenvalue weighted by atomic mass is 10.4. The molecule has 0 amide bonds. The summed E-state index contributed by atoms with van der Waals surface area (Å²) in [5, 5.41) is -0.223. The Morgan fingerprint density at radius 3 is 2.17 bits per heavy atom. The Morgan fingerprint density at radius 2 is 1.83 bits per heavy atom. The van der Waals surface area contributed by atoms with Gasteiger partial charge in [0.2, 0.25) is 0 Å². The van der Waals surface area contributed by atoms with Crippen LogP contribution in [0.2, 0.25) is 0 Å². The SMILES string of the molecule is CC(Cl)CO[PH](=O)C(C)C(C)Cl. The molecule has 4 atom stereocenters. The highest BCUT2D eigenvalue weighted by molar-refractivity contribution is 7.40. The standard InChI is InChI=1S/C7H15Cl2O2P/c1-5(8)4-11-12(10)7(3)6(2)9/h5-7,12H,4H2,1-3H3. The minimum absolute atomic E-state index is 0.0907. The van der Waals surface area contributed by atoms with Crippen molar-refractivity contribution < 1.29 is 9.09 Å². The molecule has 74 valence electrons. The Hall–Kier alpha value is 0.770. The van der Waals surface area contributed by atoms with Gasteiger partial charge in [-0.1, -0.05) is 6.92 Å². The molecule has 0 rings (SSSR count). The molecule has 0 aliphatic rings. The van der Waals surface area contributed by atoms with E-state index in [-0.39, 0.29) is 16.4 Å². The fraction of sp³-hybridized carbons (Fsp3) is 1.00. The van der Waals surface area contributed by atoms with Crippen LogP contribution >= 0.6 is 31.2 Å². The number of hydrogen-bond donors (Lipinski definition) is 0. The molecule has 0 saturated heterocycles. The second kappa shape index (κ2) is 6.26. The fourth-order valence-electron chi connectivity index (χ4n) is 0.516. The third-order valence-electron chi connectivity index (χ3n) is 1.52. The maximum absolute atomic E-state index is 11.3. The molecule has 5 heteroatoms. The first-order valence-electron chi connectivity index (χ1n) is 3.90. The molecule has 0 bridgehead atoms. The average Bonchev–Trinajstić information content (AvgIpc) is 1.98. The molecule has 0 aromatic heterocycles. The number of halogens is 2. The minimum Gasteiger partial charge on any atom is -0.329 e. The Kier molecular flexibility index (Phi) is 6.66. The Bertz CT molecular complexity index is 150. The van der Waals surface area contributed by atoms with E-state index in [1.54, 1.807) is 6.92 Å². The van der Waals surface area contributed by atoms with E-state index in [4.69, 9.17) is 27.7 Å². The molecule has 0 aliphatic carbocycles. The summed E-state index contributed by atoms with van der Waals surface area (Å²) in [5.41, 5.74) is -0.0907. The summed E-state index contributed by atoms with van der Waals surface area (Å²) in [6.45, 7) is 5.75. The van der Waals surface area contributed by atoms with Crippen LogP contribution in [0.25, 0.3) is 0 Å². The number of alkyl halides is 2. The molecule has 0 saturated carbocycles. The summed E-state index contributed by atoms with van der Waals surface area (Å²) in [7, 11) is -2.03. The van der Waals surface area contributed by atoms with Gasteiger partial charge in [-0.2, -0.15) is 0 Å². The van der Waals surface area contributed by atoms with E-state index in [0.29, 0.717) is 6.61 Å². The van der Waals surface area contributed by atoms with Crippen molar-refractivity contribution in [2.45, 2.75) is 37.2 Å². The third kappa shape index (κ3) is 5.42. The van der Waals surface area contributed by atoms with Crippen LogP contribution in [0.5, 0.6) is 0 Å². The normalized spacial score (nSPS) is 21.4. The van der Waals surface area contributed by atoms with Gasteiger partial charge in [0.25, 0.3) is 0 Å². The summed E-state index contributed by atoms with van der Waals surface area (Å²) in [4.78, 5) is 0. The largest absolute Gasteiger partial charge is 0.329 e. The molecule has 0 radical (unpaired) electrons. The quantitative estimate of drug-likeness (QED) is 0.538. The monoisotopic (exact) mass is 232 g/mol. The molecule has 4 unspecified atom stereocenters. The van der Waals surface area contributed by atoms with Gasteiger partial charge >= 0.3 is 0 Å². The molecule has 2 nitrogen and oxygen atoms in total. The van der Waals surface area contributed by atoms with Crippen LogP contribution in [0, 0.1) is 0 Å². The van der Waals surface area contributed by atoms with Crippen molar-refractivity contribution in [2.24, 2.45) is 0 Å². The van der Waals surface area contributed by atoms with Crippen molar-refractivity contribution in [3.63, 3.8) is 0 Å². The Morgan fingerprint density at radius 1 is 1.33 bits per heavy atom. The maximum atomic E-state index is 11.3. The molecule has 0 aliphatic heterocycles. The zero-order valence-electron chi connectivity index (χ0n) is 7.51. The highest BCUT2D eigenvalue weighted by Crippen LogP contribution is 2.33. The van der Waals surface area contributed by atoms with Gasteiger partial charge in [0.15, 0.2) is 8.03 Å². The van der Waals surface area contributed by atoms with Crippen molar-refractivity contribution in [1.29, 1.82) is 0 Å². The Labute approximate surface area is 84.4 Å². The van der Waals surface area contributed by atoms with E-state index >= 15 is 0 Å². The van der Waals surface area contributed by atoms with E-state index in [0.717, 1.165) is 0 Å². The van der Waals surface area contributed by atoms with E-state index in [1.807, 2.05) is 13.8 Å². The molecule has 0 N–H and O–H groups in total. The summed E-state index contributed by atoms with van der Waals surface area (Å²) >= 11 is 11.4. The minimum atomic E-state index is -2.03. The summed E-state index contributed by atoms with van der Waals surface area (Å²) < 4.78 is 16.4. The first kappa shape index (κ1) is 12.8. The topological polar surface area (TPSA) is 26.3 Å². The lowest BCUT2D eigenvalue weighted by molar-refractivity contribution is 0.326. The van der Waals surface area contributed by atoms with Gasteiger partial charge in [-0.3, -0.25) is 4.57 Å². The Balaban J connectivity index is 3.72. The average molecular weight is 233 g/mol.